The molecule has 0 bridgehead atoms. The zero-order valence-electron chi connectivity index (χ0n) is 10.9. The van der Waals surface area contributed by atoms with E-state index in [1.807, 2.05) is 0 Å². The van der Waals surface area contributed by atoms with Gasteiger partial charge in [-0.15, -0.1) is 0 Å². The molecule has 0 amide bonds. The number of alkyl halides is 3. The molecular weight excluding hydrogens is 274 g/mol. The second kappa shape index (κ2) is 5.60. The summed E-state index contributed by atoms with van der Waals surface area (Å²) in [5, 5.41) is 12.6. The zero-order chi connectivity index (χ0) is 14.8. The summed E-state index contributed by atoms with van der Waals surface area (Å²) >= 11 is 0. The summed E-state index contributed by atoms with van der Waals surface area (Å²) in [6.07, 6.45) is -3.69. The Labute approximate surface area is 114 Å². The summed E-state index contributed by atoms with van der Waals surface area (Å²) in [4.78, 5) is 0. The average molecular weight is 291 g/mol. The van der Waals surface area contributed by atoms with Gasteiger partial charge >= 0.3 is 6.18 Å². The first kappa shape index (κ1) is 15.1. The number of rotatable bonds is 3. The fourth-order valence-electron chi connectivity index (χ4n) is 2.66. The van der Waals surface area contributed by atoms with Crippen molar-refractivity contribution in [2.75, 3.05) is 11.9 Å². The minimum atomic E-state index is -4.17. The number of aliphatic hydroxyl groups excluding tert-OH is 1. The Morgan fingerprint density at radius 3 is 2.15 bits per heavy atom. The summed E-state index contributed by atoms with van der Waals surface area (Å²) in [6.45, 7) is -0.241. The van der Waals surface area contributed by atoms with Gasteiger partial charge in [0.15, 0.2) is 0 Å². The Bertz CT molecular complexity index is 435. The van der Waals surface area contributed by atoms with Crippen LogP contribution in [0.5, 0.6) is 0 Å². The van der Waals surface area contributed by atoms with E-state index in [1.54, 1.807) is 0 Å². The molecule has 2 N–H and O–H groups in total. The van der Waals surface area contributed by atoms with Crippen molar-refractivity contribution in [3.05, 3.63) is 30.1 Å². The summed E-state index contributed by atoms with van der Waals surface area (Å²) < 4.78 is 50.8. The van der Waals surface area contributed by atoms with Gasteiger partial charge in [-0.1, -0.05) is 0 Å². The maximum atomic E-state index is 12.8. The van der Waals surface area contributed by atoms with Gasteiger partial charge in [0.2, 0.25) is 0 Å². The van der Waals surface area contributed by atoms with Crippen LogP contribution in [0.25, 0.3) is 0 Å². The first-order valence-corrected chi connectivity index (χ1v) is 6.56. The van der Waals surface area contributed by atoms with Crippen LogP contribution in [0.1, 0.15) is 25.7 Å². The molecule has 0 unspecified atom stereocenters. The van der Waals surface area contributed by atoms with Gasteiger partial charge in [0.1, 0.15) is 5.82 Å². The second-order valence-corrected chi connectivity index (χ2v) is 5.39. The summed E-state index contributed by atoms with van der Waals surface area (Å²) in [6, 6.07) is 5.58. The predicted molar refractivity (Wildman–Crippen MR) is 67.9 cm³/mol. The lowest BCUT2D eigenvalue weighted by Crippen LogP contribution is -2.47. The number of hydrogen-bond donors (Lipinski definition) is 2. The van der Waals surface area contributed by atoms with E-state index in [0.29, 0.717) is 5.69 Å². The zero-order valence-corrected chi connectivity index (χ0v) is 10.9. The molecule has 0 atom stereocenters. The van der Waals surface area contributed by atoms with Crippen LogP contribution in [0.2, 0.25) is 0 Å². The third-order valence-electron chi connectivity index (χ3n) is 3.96. The second-order valence-electron chi connectivity index (χ2n) is 5.39. The molecule has 112 valence electrons. The number of halogens is 4. The standard InChI is InChI=1S/C14H17F4NO/c15-11-1-3-12(4-2-11)19-13(9-20)7-5-10(6-8-13)14(16,17)18/h1-4,10,19-20H,5-9H2. The van der Waals surface area contributed by atoms with Crippen molar-refractivity contribution in [3.63, 3.8) is 0 Å². The van der Waals surface area contributed by atoms with Crippen molar-refractivity contribution >= 4 is 5.69 Å². The molecule has 6 heteroatoms. The number of aliphatic hydroxyl groups is 1. The minimum Gasteiger partial charge on any atom is -0.394 e. The fourth-order valence-corrected chi connectivity index (χ4v) is 2.66. The van der Waals surface area contributed by atoms with E-state index in [4.69, 9.17) is 0 Å². The van der Waals surface area contributed by atoms with Crippen LogP contribution in [0.15, 0.2) is 24.3 Å². The first-order chi connectivity index (χ1) is 9.35. The average Bonchev–Trinajstić information content (AvgIpc) is 2.41. The van der Waals surface area contributed by atoms with Crippen LogP contribution in [0.4, 0.5) is 23.2 Å². The highest BCUT2D eigenvalue weighted by Crippen LogP contribution is 2.42. The van der Waals surface area contributed by atoms with Gasteiger partial charge in [0, 0.05) is 5.69 Å². The van der Waals surface area contributed by atoms with Crippen LogP contribution < -0.4 is 5.32 Å². The van der Waals surface area contributed by atoms with Gasteiger partial charge in [0.05, 0.1) is 18.1 Å². The molecule has 2 rings (SSSR count). The van der Waals surface area contributed by atoms with Crippen molar-refractivity contribution in [2.45, 2.75) is 37.4 Å². The monoisotopic (exact) mass is 291 g/mol. The number of nitrogens with one attached hydrogen (secondary N) is 1. The molecule has 1 saturated carbocycles. The van der Waals surface area contributed by atoms with E-state index in [0.717, 1.165) is 0 Å². The van der Waals surface area contributed by atoms with Crippen molar-refractivity contribution < 1.29 is 22.7 Å². The topological polar surface area (TPSA) is 32.3 Å². The molecule has 0 aliphatic heterocycles. The maximum absolute atomic E-state index is 12.8. The molecule has 1 fully saturated rings. The Morgan fingerprint density at radius 1 is 1.15 bits per heavy atom. The van der Waals surface area contributed by atoms with Crippen molar-refractivity contribution in [1.82, 2.24) is 0 Å². The van der Waals surface area contributed by atoms with Crippen molar-refractivity contribution in [2.24, 2.45) is 5.92 Å². The van der Waals surface area contributed by atoms with Gasteiger partial charge in [-0.2, -0.15) is 13.2 Å². The van der Waals surface area contributed by atoms with Gasteiger partial charge in [-0.3, -0.25) is 0 Å². The van der Waals surface area contributed by atoms with E-state index < -0.39 is 17.6 Å². The maximum Gasteiger partial charge on any atom is 0.391 e. The number of benzene rings is 1. The Kier molecular flexibility index (Phi) is 4.22. The summed E-state index contributed by atoms with van der Waals surface area (Å²) in [5.41, 5.74) is -0.148. The number of hydrogen-bond acceptors (Lipinski definition) is 2. The van der Waals surface area contributed by atoms with Crippen LogP contribution >= 0.6 is 0 Å². The predicted octanol–water partition coefficient (Wildman–Crippen LogP) is 3.72. The van der Waals surface area contributed by atoms with E-state index in [9.17, 15) is 22.7 Å². The lowest BCUT2D eigenvalue weighted by molar-refractivity contribution is -0.184. The number of anilines is 1. The summed E-state index contributed by atoms with van der Waals surface area (Å²) in [5.74, 6) is -1.67. The van der Waals surface area contributed by atoms with E-state index in [1.165, 1.54) is 24.3 Å². The van der Waals surface area contributed by atoms with E-state index in [2.05, 4.69) is 5.32 Å². The molecule has 1 aromatic carbocycles. The molecule has 20 heavy (non-hydrogen) atoms. The highest BCUT2D eigenvalue weighted by molar-refractivity contribution is 5.45. The molecule has 0 radical (unpaired) electrons. The Morgan fingerprint density at radius 2 is 1.70 bits per heavy atom. The molecular formula is C14H17F4NO. The molecule has 2 nitrogen and oxygen atoms in total. The van der Waals surface area contributed by atoms with Crippen molar-refractivity contribution in [3.8, 4) is 0 Å². The smallest absolute Gasteiger partial charge is 0.391 e. The minimum absolute atomic E-state index is 0.00173. The highest BCUT2D eigenvalue weighted by Gasteiger charge is 2.45. The highest BCUT2D eigenvalue weighted by atomic mass is 19.4. The Balaban J connectivity index is 2.03. The third kappa shape index (κ3) is 3.42. The fraction of sp³-hybridized carbons (Fsp3) is 0.571. The van der Waals surface area contributed by atoms with Crippen molar-refractivity contribution in [1.29, 1.82) is 0 Å². The van der Waals surface area contributed by atoms with Crippen LogP contribution in [0.3, 0.4) is 0 Å². The lowest BCUT2D eigenvalue weighted by atomic mass is 9.76. The van der Waals surface area contributed by atoms with Crippen LogP contribution in [-0.4, -0.2) is 23.4 Å². The third-order valence-corrected chi connectivity index (χ3v) is 3.96. The van der Waals surface area contributed by atoms with Crippen LogP contribution in [0, 0.1) is 11.7 Å². The van der Waals surface area contributed by atoms with E-state index in [-0.39, 0.29) is 38.1 Å². The quantitative estimate of drug-likeness (QED) is 0.832. The normalized spacial score (nSPS) is 27.4. The SMILES string of the molecule is OCC1(Nc2ccc(F)cc2)CCC(C(F)(F)F)CC1. The summed E-state index contributed by atoms with van der Waals surface area (Å²) in [7, 11) is 0. The molecule has 0 heterocycles. The van der Waals surface area contributed by atoms with Gasteiger partial charge in [-0.25, -0.2) is 4.39 Å². The van der Waals surface area contributed by atoms with Gasteiger partial charge in [0.25, 0.3) is 0 Å². The molecule has 1 aromatic rings. The molecule has 0 aromatic heterocycles. The first-order valence-electron chi connectivity index (χ1n) is 6.56. The van der Waals surface area contributed by atoms with Gasteiger partial charge in [-0.05, 0) is 49.9 Å². The van der Waals surface area contributed by atoms with Crippen LogP contribution in [-0.2, 0) is 0 Å². The molecule has 0 saturated heterocycles. The molecule has 0 spiro atoms. The molecule has 1 aliphatic carbocycles. The molecule has 1 aliphatic rings. The Hall–Kier alpha value is -1.30. The van der Waals surface area contributed by atoms with E-state index >= 15 is 0 Å². The van der Waals surface area contributed by atoms with Gasteiger partial charge < -0.3 is 10.4 Å². The largest absolute Gasteiger partial charge is 0.394 e. The lowest BCUT2D eigenvalue weighted by Gasteiger charge is -2.40.